The second-order valence-electron chi connectivity index (χ2n) is 8.13. The van der Waals surface area contributed by atoms with Crippen LogP contribution in [-0.2, 0) is 4.79 Å². The predicted molar refractivity (Wildman–Crippen MR) is 124 cm³/mol. The number of nitrogens with zero attached hydrogens (tertiary/aromatic N) is 4. The number of aromatic nitrogens is 4. The van der Waals surface area contributed by atoms with Crippen LogP contribution in [-0.4, -0.2) is 43.9 Å². The molecule has 1 fully saturated rings. The third kappa shape index (κ3) is 4.12. The van der Waals surface area contributed by atoms with Crippen LogP contribution in [0.4, 0.5) is 14.6 Å². The monoisotopic (exact) mass is 478 g/mol. The second kappa shape index (κ2) is 8.67. The Morgan fingerprint density at radius 3 is 2.57 bits per heavy atom. The molecule has 9 nitrogen and oxygen atoms in total. The molecule has 1 aliphatic heterocycles. The standard InChI is InChI=1S/C24H20F2N6O3/c1-2-19(33)31-8-7-13(12-31)21-20-22(23(27)28-29-24(20)34)32(30-21)16-3-5-17(6-4-16)35-18-10-14(25)9-15(26)11-18/h2-6,9-11,13H,1,7-8,12H2,(H2,27,28)(H,29,34). The van der Waals surface area contributed by atoms with Crippen LogP contribution in [0.3, 0.4) is 0 Å². The number of fused-ring (bicyclic) bond motifs is 1. The molecule has 4 aromatic rings. The van der Waals surface area contributed by atoms with Crippen LogP contribution in [0.15, 0.2) is 59.9 Å². The number of nitrogens with one attached hydrogen (secondary N) is 1. The van der Waals surface area contributed by atoms with E-state index < -0.39 is 17.2 Å². The Balaban J connectivity index is 1.52. The number of halogens is 2. The number of likely N-dealkylation sites (tertiary alicyclic amines) is 1. The molecule has 2 aromatic heterocycles. The summed E-state index contributed by atoms with van der Waals surface area (Å²) in [5.41, 5.74) is 7.11. The zero-order valence-electron chi connectivity index (χ0n) is 18.4. The third-order valence-electron chi connectivity index (χ3n) is 5.87. The first-order chi connectivity index (χ1) is 16.8. The van der Waals surface area contributed by atoms with Crippen molar-refractivity contribution in [1.82, 2.24) is 24.9 Å². The SMILES string of the molecule is C=CC(=O)N1CCC(c2nn(-c3ccc(Oc4cc(F)cc(F)c4)cc3)c3c(N)n[nH]c(=O)c23)C1. The third-order valence-corrected chi connectivity index (χ3v) is 5.87. The topological polar surface area (TPSA) is 119 Å². The van der Waals surface area contributed by atoms with Gasteiger partial charge in [0.25, 0.3) is 5.56 Å². The Kier molecular flexibility index (Phi) is 5.51. The highest BCUT2D eigenvalue weighted by Gasteiger charge is 2.31. The number of hydrogen-bond acceptors (Lipinski definition) is 6. The summed E-state index contributed by atoms with van der Waals surface area (Å²) in [4.78, 5) is 26.4. The molecule has 0 spiro atoms. The minimum Gasteiger partial charge on any atom is -0.457 e. The van der Waals surface area contributed by atoms with Gasteiger partial charge in [0.2, 0.25) is 5.91 Å². The van der Waals surface area contributed by atoms with Crippen molar-refractivity contribution in [1.29, 1.82) is 0 Å². The number of carbonyl (C=O) groups is 1. The first kappa shape index (κ1) is 22.3. The molecule has 0 radical (unpaired) electrons. The number of H-pyrrole nitrogens is 1. The van der Waals surface area contributed by atoms with Crippen LogP contribution >= 0.6 is 0 Å². The fourth-order valence-electron chi connectivity index (χ4n) is 4.28. The van der Waals surface area contributed by atoms with E-state index in [-0.39, 0.29) is 23.4 Å². The van der Waals surface area contributed by atoms with Crippen molar-refractivity contribution in [2.45, 2.75) is 12.3 Å². The number of amides is 1. The molecule has 35 heavy (non-hydrogen) atoms. The maximum Gasteiger partial charge on any atom is 0.275 e. The number of benzene rings is 2. The lowest BCUT2D eigenvalue weighted by atomic mass is 10.0. The summed E-state index contributed by atoms with van der Waals surface area (Å²) >= 11 is 0. The largest absolute Gasteiger partial charge is 0.457 e. The van der Waals surface area contributed by atoms with Gasteiger partial charge in [-0.05, 0) is 36.8 Å². The molecule has 5 rings (SSSR count). The molecule has 0 aliphatic carbocycles. The summed E-state index contributed by atoms with van der Waals surface area (Å²) in [5.74, 6) is -1.40. The molecule has 1 aliphatic rings. The molecular formula is C24H20F2N6O3. The Labute approximate surface area is 197 Å². The van der Waals surface area contributed by atoms with Crippen LogP contribution in [0.1, 0.15) is 18.0 Å². The van der Waals surface area contributed by atoms with Gasteiger partial charge >= 0.3 is 0 Å². The van der Waals surface area contributed by atoms with E-state index in [4.69, 9.17) is 15.6 Å². The molecule has 11 heteroatoms. The van der Waals surface area contributed by atoms with E-state index in [2.05, 4.69) is 16.8 Å². The van der Waals surface area contributed by atoms with E-state index in [0.717, 1.165) is 18.2 Å². The van der Waals surface area contributed by atoms with Crippen molar-refractivity contribution in [2.24, 2.45) is 0 Å². The number of nitrogen functional groups attached to an aromatic ring is 1. The van der Waals surface area contributed by atoms with Crippen LogP contribution in [0.5, 0.6) is 11.5 Å². The van der Waals surface area contributed by atoms with Crippen molar-refractivity contribution in [2.75, 3.05) is 18.8 Å². The van der Waals surface area contributed by atoms with Crippen molar-refractivity contribution >= 4 is 22.6 Å². The number of aromatic amines is 1. The quantitative estimate of drug-likeness (QED) is 0.425. The molecule has 0 saturated carbocycles. The van der Waals surface area contributed by atoms with Gasteiger partial charge in [0.15, 0.2) is 5.82 Å². The predicted octanol–water partition coefficient (Wildman–Crippen LogP) is 3.26. The lowest BCUT2D eigenvalue weighted by molar-refractivity contribution is -0.125. The van der Waals surface area contributed by atoms with Crippen molar-refractivity contribution < 1.29 is 18.3 Å². The van der Waals surface area contributed by atoms with E-state index in [1.807, 2.05) is 0 Å². The van der Waals surface area contributed by atoms with Gasteiger partial charge in [0.1, 0.15) is 28.7 Å². The highest BCUT2D eigenvalue weighted by molar-refractivity contribution is 5.91. The highest BCUT2D eigenvalue weighted by atomic mass is 19.1. The van der Waals surface area contributed by atoms with Crippen molar-refractivity contribution in [3.63, 3.8) is 0 Å². The summed E-state index contributed by atoms with van der Waals surface area (Å²) in [6, 6.07) is 9.45. The summed E-state index contributed by atoms with van der Waals surface area (Å²) in [6.07, 6.45) is 1.89. The first-order valence-corrected chi connectivity index (χ1v) is 10.8. The second-order valence-corrected chi connectivity index (χ2v) is 8.13. The number of nitrogens with two attached hydrogens (primary N) is 1. The molecule has 1 amide bonds. The van der Waals surface area contributed by atoms with Gasteiger partial charge < -0.3 is 15.4 Å². The molecule has 3 N–H and O–H groups in total. The zero-order chi connectivity index (χ0) is 24.7. The minimum absolute atomic E-state index is 0.0157. The van der Waals surface area contributed by atoms with Crippen LogP contribution < -0.4 is 16.0 Å². The van der Waals surface area contributed by atoms with Crippen LogP contribution in [0.25, 0.3) is 16.6 Å². The maximum atomic E-state index is 13.5. The molecule has 1 saturated heterocycles. The lowest BCUT2D eigenvalue weighted by Crippen LogP contribution is -2.26. The average Bonchev–Trinajstić information content (AvgIpc) is 3.47. The van der Waals surface area contributed by atoms with Gasteiger partial charge in [-0.15, -0.1) is 0 Å². The molecule has 3 heterocycles. The van der Waals surface area contributed by atoms with Crippen molar-refractivity contribution in [3.05, 3.63) is 82.8 Å². The Morgan fingerprint density at radius 1 is 1.17 bits per heavy atom. The average molecular weight is 478 g/mol. The van der Waals surface area contributed by atoms with Crippen LogP contribution in [0.2, 0.25) is 0 Å². The zero-order valence-corrected chi connectivity index (χ0v) is 18.4. The Morgan fingerprint density at radius 2 is 1.89 bits per heavy atom. The minimum atomic E-state index is -0.749. The summed E-state index contributed by atoms with van der Waals surface area (Å²) in [7, 11) is 0. The molecule has 0 bridgehead atoms. The number of ether oxygens (including phenoxy) is 1. The molecule has 1 atom stereocenters. The van der Waals surface area contributed by atoms with Gasteiger partial charge in [0.05, 0.1) is 16.8 Å². The summed E-state index contributed by atoms with van der Waals surface area (Å²) in [6.45, 7) is 4.45. The van der Waals surface area contributed by atoms with Gasteiger partial charge in [-0.25, -0.2) is 18.6 Å². The smallest absolute Gasteiger partial charge is 0.275 e. The Hall–Kier alpha value is -4.54. The van der Waals surface area contributed by atoms with Gasteiger partial charge in [0, 0.05) is 37.2 Å². The normalized spacial score (nSPS) is 15.5. The first-order valence-electron chi connectivity index (χ1n) is 10.8. The Bertz CT molecular complexity index is 1490. The van der Waals surface area contributed by atoms with E-state index in [1.54, 1.807) is 29.2 Å². The van der Waals surface area contributed by atoms with Crippen LogP contribution in [0, 0.1) is 11.6 Å². The van der Waals surface area contributed by atoms with Gasteiger partial charge in [-0.2, -0.15) is 10.2 Å². The fraction of sp³-hybridized carbons (Fsp3) is 0.167. The van der Waals surface area contributed by atoms with E-state index in [0.29, 0.717) is 47.5 Å². The highest BCUT2D eigenvalue weighted by Crippen LogP contribution is 2.33. The summed E-state index contributed by atoms with van der Waals surface area (Å²) < 4.78 is 34.0. The molecular weight excluding hydrogens is 458 g/mol. The molecule has 2 aromatic carbocycles. The van der Waals surface area contributed by atoms with E-state index >= 15 is 0 Å². The van der Waals surface area contributed by atoms with E-state index in [1.165, 1.54) is 10.8 Å². The summed E-state index contributed by atoms with van der Waals surface area (Å²) in [5, 5.41) is 11.3. The number of rotatable bonds is 5. The molecule has 1 unspecified atom stereocenters. The van der Waals surface area contributed by atoms with Gasteiger partial charge in [-0.1, -0.05) is 6.58 Å². The maximum absolute atomic E-state index is 13.5. The number of carbonyl (C=O) groups excluding carboxylic acids is 1. The lowest BCUT2D eigenvalue weighted by Gasteiger charge is -2.13. The van der Waals surface area contributed by atoms with E-state index in [9.17, 15) is 18.4 Å². The molecule has 178 valence electrons. The van der Waals surface area contributed by atoms with Crippen molar-refractivity contribution in [3.8, 4) is 17.2 Å². The number of hydrogen-bond donors (Lipinski definition) is 2. The fourth-order valence-corrected chi connectivity index (χ4v) is 4.28. The van der Waals surface area contributed by atoms with Gasteiger partial charge in [-0.3, -0.25) is 9.59 Å². The number of anilines is 1.